The lowest BCUT2D eigenvalue weighted by Crippen LogP contribution is -2.40. The quantitative estimate of drug-likeness (QED) is 0.870. The van der Waals surface area contributed by atoms with E-state index in [1.165, 1.54) is 29.3 Å². The lowest BCUT2D eigenvalue weighted by molar-refractivity contribution is 0.0696. The summed E-state index contributed by atoms with van der Waals surface area (Å²) in [6.45, 7) is 6.90. The Morgan fingerprint density at radius 3 is 2.48 bits per heavy atom. The van der Waals surface area contributed by atoms with Gasteiger partial charge in [-0.25, -0.2) is 27.6 Å². The van der Waals surface area contributed by atoms with Gasteiger partial charge in [-0.05, 0) is 39.3 Å². The summed E-state index contributed by atoms with van der Waals surface area (Å²) in [6, 6.07) is 1.45. The maximum absolute atomic E-state index is 12.3. The van der Waals surface area contributed by atoms with Crippen LogP contribution in [0.15, 0.2) is 29.6 Å². The van der Waals surface area contributed by atoms with Crippen LogP contribution in [0.2, 0.25) is 0 Å². The number of aromatic nitrogens is 3. The van der Waals surface area contributed by atoms with Crippen LogP contribution in [-0.2, 0) is 10.0 Å². The van der Waals surface area contributed by atoms with Crippen LogP contribution >= 0.6 is 0 Å². The van der Waals surface area contributed by atoms with Gasteiger partial charge in [-0.2, -0.15) is 5.10 Å². The summed E-state index contributed by atoms with van der Waals surface area (Å²) < 4.78 is 28.4. The number of rotatable bonds is 4. The number of nitrogens with one attached hydrogen (secondary N) is 1. The molecule has 0 saturated carbocycles. The molecule has 2 aromatic rings. The van der Waals surface area contributed by atoms with Gasteiger partial charge in [0.15, 0.2) is 5.82 Å². The van der Waals surface area contributed by atoms with Gasteiger partial charge in [0.2, 0.25) is 10.0 Å². The SMILES string of the molecule is Cc1cc(C(=O)O)cnc1-n1cc(S(=O)(=O)NC(C)(C)C)cn1. The number of pyridine rings is 1. The Labute approximate surface area is 134 Å². The fraction of sp³-hybridized carbons (Fsp3) is 0.357. The first kappa shape index (κ1) is 17.1. The standard InChI is InChI=1S/C14H18N4O4S/c1-9-5-10(13(19)20)6-15-12(9)18-8-11(7-16-18)23(21,22)17-14(2,3)4/h5-8,17H,1-4H3,(H,19,20). The van der Waals surface area contributed by atoms with E-state index in [0.717, 1.165) is 0 Å². The Bertz CT molecular complexity index is 850. The zero-order valence-electron chi connectivity index (χ0n) is 13.2. The van der Waals surface area contributed by atoms with Gasteiger partial charge in [0.05, 0.1) is 18.0 Å². The van der Waals surface area contributed by atoms with Gasteiger partial charge in [0, 0.05) is 11.7 Å². The zero-order chi connectivity index (χ0) is 17.4. The molecule has 0 amide bonds. The van der Waals surface area contributed by atoms with Gasteiger partial charge in [-0.15, -0.1) is 0 Å². The van der Waals surface area contributed by atoms with E-state index in [4.69, 9.17) is 5.11 Å². The van der Waals surface area contributed by atoms with Gasteiger partial charge in [-0.1, -0.05) is 0 Å². The molecular formula is C14H18N4O4S. The molecule has 2 N–H and O–H groups in total. The molecule has 0 atom stereocenters. The largest absolute Gasteiger partial charge is 0.478 e. The van der Waals surface area contributed by atoms with E-state index >= 15 is 0 Å². The smallest absolute Gasteiger partial charge is 0.337 e. The van der Waals surface area contributed by atoms with Crippen LogP contribution < -0.4 is 4.72 Å². The average molecular weight is 338 g/mol. The molecule has 0 bridgehead atoms. The van der Waals surface area contributed by atoms with Crippen LogP contribution in [0.5, 0.6) is 0 Å². The first-order chi connectivity index (χ1) is 10.5. The van der Waals surface area contributed by atoms with Crippen molar-refractivity contribution in [3.05, 3.63) is 35.8 Å². The molecule has 0 fully saturated rings. The normalized spacial score (nSPS) is 12.3. The number of sulfonamides is 1. The molecule has 8 nitrogen and oxygen atoms in total. The van der Waals surface area contributed by atoms with E-state index in [0.29, 0.717) is 11.4 Å². The average Bonchev–Trinajstić information content (AvgIpc) is 2.85. The molecule has 0 aliphatic rings. The molecule has 0 spiro atoms. The van der Waals surface area contributed by atoms with Gasteiger partial charge in [0.25, 0.3) is 0 Å². The number of carbonyl (C=O) groups is 1. The fourth-order valence-electron chi connectivity index (χ4n) is 1.95. The maximum atomic E-state index is 12.3. The Kier molecular flexibility index (Phi) is 4.27. The molecular weight excluding hydrogens is 320 g/mol. The molecule has 9 heteroatoms. The van der Waals surface area contributed by atoms with Crippen molar-refractivity contribution in [2.24, 2.45) is 0 Å². The number of carboxylic acids is 1. The third-order valence-corrected chi connectivity index (χ3v) is 4.54. The van der Waals surface area contributed by atoms with Crippen LogP contribution in [-0.4, -0.2) is 39.8 Å². The van der Waals surface area contributed by atoms with E-state index in [-0.39, 0.29) is 10.5 Å². The van der Waals surface area contributed by atoms with Crippen LogP contribution in [0.3, 0.4) is 0 Å². The number of aromatic carboxylic acids is 1. The summed E-state index contributed by atoms with van der Waals surface area (Å²) >= 11 is 0. The van der Waals surface area contributed by atoms with Crippen LogP contribution in [0.4, 0.5) is 0 Å². The minimum atomic E-state index is -3.69. The Balaban J connectivity index is 2.38. The first-order valence-corrected chi connectivity index (χ1v) is 8.27. The molecule has 0 saturated heterocycles. The molecule has 0 unspecified atom stereocenters. The highest BCUT2D eigenvalue weighted by atomic mass is 32.2. The predicted octanol–water partition coefficient (Wildman–Crippen LogP) is 1.35. The summed E-state index contributed by atoms with van der Waals surface area (Å²) in [4.78, 5) is 15.0. The minimum Gasteiger partial charge on any atom is -0.478 e. The van der Waals surface area contributed by atoms with Crippen LogP contribution in [0, 0.1) is 6.92 Å². The summed E-state index contributed by atoms with van der Waals surface area (Å²) in [5.41, 5.74) is 0.0134. The molecule has 2 heterocycles. The summed E-state index contributed by atoms with van der Waals surface area (Å²) in [6.07, 6.45) is 3.76. The molecule has 124 valence electrons. The molecule has 0 aromatic carbocycles. The van der Waals surface area contributed by atoms with Gasteiger partial charge in [-0.3, -0.25) is 0 Å². The lowest BCUT2D eigenvalue weighted by atomic mass is 10.1. The van der Waals surface area contributed by atoms with E-state index in [9.17, 15) is 13.2 Å². The fourth-order valence-corrected chi connectivity index (χ4v) is 3.30. The van der Waals surface area contributed by atoms with Gasteiger partial charge < -0.3 is 5.11 Å². The van der Waals surface area contributed by atoms with Crippen molar-refractivity contribution in [1.82, 2.24) is 19.5 Å². The number of aryl methyl sites for hydroxylation is 1. The van der Waals surface area contributed by atoms with Crippen molar-refractivity contribution in [3.8, 4) is 5.82 Å². The zero-order valence-corrected chi connectivity index (χ0v) is 14.0. The lowest BCUT2D eigenvalue weighted by Gasteiger charge is -2.19. The second-order valence-electron chi connectivity index (χ2n) is 6.15. The highest BCUT2D eigenvalue weighted by molar-refractivity contribution is 7.89. The summed E-state index contributed by atoms with van der Waals surface area (Å²) in [5.74, 6) is -0.711. The van der Waals surface area contributed by atoms with E-state index in [1.807, 2.05) is 0 Å². The van der Waals surface area contributed by atoms with Crippen molar-refractivity contribution in [2.75, 3.05) is 0 Å². The Morgan fingerprint density at radius 1 is 1.30 bits per heavy atom. The number of hydrogen-bond acceptors (Lipinski definition) is 5. The molecule has 2 aromatic heterocycles. The van der Waals surface area contributed by atoms with Crippen LogP contribution in [0.1, 0.15) is 36.7 Å². The molecule has 0 aliphatic carbocycles. The van der Waals surface area contributed by atoms with Crippen molar-refractivity contribution >= 4 is 16.0 Å². The van der Waals surface area contributed by atoms with Crippen molar-refractivity contribution in [2.45, 2.75) is 38.1 Å². The third-order valence-electron chi connectivity index (χ3n) is 2.82. The summed E-state index contributed by atoms with van der Waals surface area (Å²) in [5, 5.41) is 12.9. The minimum absolute atomic E-state index is 0.0101. The third kappa shape index (κ3) is 3.93. The topological polar surface area (TPSA) is 114 Å². The monoisotopic (exact) mass is 338 g/mol. The van der Waals surface area contributed by atoms with Crippen molar-refractivity contribution in [1.29, 1.82) is 0 Å². The van der Waals surface area contributed by atoms with E-state index in [2.05, 4.69) is 14.8 Å². The summed E-state index contributed by atoms with van der Waals surface area (Å²) in [7, 11) is -3.69. The second-order valence-corrected chi connectivity index (χ2v) is 7.83. The number of nitrogens with zero attached hydrogens (tertiary/aromatic N) is 3. The van der Waals surface area contributed by atoms with Crippen molar-refractivity contribution in [3.63, 3.8) is 0 Å². The Morgan fingerprint density at radius 2 is 1.96 bits per heavy atom. The first-order valence-electron chi connectivity index (χ1n) is 6.78. The maximum Gasteiger partial charge on any atom is 0.337 e. The van der Waals surface area contributed by atoms with E-state index in [1.54, 1.807) is 27.7 Å². The molecule has 0 aliphatic heterocycles. The molecule has 23 heavy (non-hydrogen) atoms. The second kappa shape index (κ2) is 5.74. The molecule has 2 rings (SSSR count). The van der Waals surface area contributed by atoms with Gasteiger partial charge in [0.1, 0.15) is 4.90 Å². The Hall–Kier alpha value is -2.26. The van der Waals surface area contributed by atoms with Crippen molar-refractivity contribution < 1.29 is 18.3 Å². The van der Waals surface area contributed by atoms with Crippen LogP contribution in [0.25, 0.3) is 5.82 Å². The van der Waals surface area contributed by atoms with E-state index < -0.39 is 21.5 Å². The highest BCUT2D eigenvalue weighted by Gasteiger charge is 2.24. The predicted molar refractivity (Wildman–Crippen MR) is 83.1 cm³/mol. The highest BCUT2D eigenvalue weighted by Crippen LogP contribution is 2.16. The molecule has 0 radical (unpaired) electrons. The number of hydrogen-bond donors (Lipinski definition) is 2. The number of carboxylic acid groups (broad SMARTS) is 1. The van der Waals surface area contributed by atoms with Gasteiger partial charge >= 0.3 is 5.97 Å².